The molecule has 0 aromatic carbocycles. The van der Waals surface area contributed by atoms with Gasteiger partial charge in [-0.25, -0.2) is 0 Å². The van der Waals surface area contributed by atoms with Crippen molar-refractivity contribution in [3.8, 4) is 0 Å². The van der Waals surface area contributed by atoms with Crippen molar-refractivity contribution in [3.63, 3.8) is 0 Å². The second-order valence-corrected chi connectivity index (χ2v) is 7.42. The van der Waals surface area contributed by atoms with Crippen molar-refractivity contribution < 1.29 is 9.59 Å². The summed E-state index contributed by atoms with van der Waals surface area (Å²) in [7, 11) is 3.54. The largest absolute Gasteiger partial charge is 0.348 e. The van der Waals surface area contributed by atoms with Gasteiger partial charge in [0.25, 0.3) is 0 Å². The van der Waals surface area contributed by atoms with Crippen LogP contribution >= 0.6 is 0 Å². The van der Waals surface area contributed by atoms with Crippen LogP contribution in [0.1, 0.15) is 11.6 Å². The van der Waals surface area contributed by atoms with Crippen LogP contribution in [-0.2, 0) is 9.59 Å². The zero-order chi connectivity index (χ0) is 19.2. The van der Waals surface area contributed by atoms with Gasteiger partial charge >= 0.3 is 0 Å². The molecule has 8 nitrogen and oxygen atoms in total. The van der Waals surface area contributed by atoms with Gasteiger partial charge in [-0.05, 0) is 11.6 Å². The molecule has 1 unspecified atom stereocenters. The van der Waals surface area contributed by atoms with E-state index in [0.29, 0.717) is 26.2 Å². The van der Waals surface area contributed by atoms with E-state index in [-0.39, 0.29) is 17.9 Å². The summed E-state index contributed by atoms with van der Waals surface area (Å²) in [6, 6.07) is 4.19. The van der Waals surface area contributed by atoms with Crippen molar-refractivity contribution in [2.75, 3.05) is 73.0 Å². The van der Waals surface area contributed by atoms with Gasteiger partial charge in [0.2, 0.25) is 11.8 Å². The second kappa shape index (κ2) is 9.25. The molecule has 3 heterocycles. The van der Waals surface area contributed by atoms with E-state index in [1.165, 1.54) is 0 Å². The van der Waals surface area contributed by atoms with E-state index in [1.54, 1.807) is 25.2 Å². The molecule has 8 heteroatoms. The summed E-state index contributed by atoms with van der Waals surface area (Å²) in [4.78, 5) is 36.8. The lowest BCUT2D eigenvalue weighted by Gasteiger charge is -2.39. The quantitative estimate of drug-likeness (QED) is 0.732. The number of aromatic nitrogens is 1. The van der Waals surface area contributed by atoms with E-state index in [4.69, 9.17) is 0 Å². The summed E-state index contributed by atoms with van der Waals surface area (Å²) >= 11 is 0. The first kappa shape index (κ1) is 19.7. The lowest BCUT2D eigenvalue weighted by Crippen LogP contribution is -2.54. The van der Waals surface area contributed by atoms with Crippen molar-refractivity contribution in [3.05, 3.63) is 30.1 Å². The van der Waals surface area contributed by atoms with Crippen LogP contribution in [0.5, 0.6) is 0 Å². The first-order chi connectivity index (χ1) is 13.0. The lowest BCUT2D eigenvalue weighted by molar-refractivity contribution is -0.136. The summed E-state index contributed by atoms with van der Waals surface area (Å²) in [5.41, 5.74) is 1.14. The predicted octanol–water partition coefficient (Wildman–Crippen LogP) is -0.740. The Morgan fingerprint density at radius 2 is 1.96 bits per heavy atom. The molecule has 2 fully saturated rings. The third-order valence-corrected chi connectivity index (χ3v) is 5.34. The number of nitrogens with one attached hydrogen (secondary N) is 1. The van der Waals surface area contributed by atoms with E-state index in [2.05, 4.69) is 26.2 Å². The first-order valence-electron chi connectivity index (χ1n) is 9.59. The third-order valence-electron chi connectivity index (χ3n) is 5.34. The third kappa shape index (κ3) is 5.24. The molecule has 0 bridgehead atoms. The topological polar surface area (TPSA) is 72.0 Å². The fourth-order valence-electron chi connectivity index (χ4n) is 3.60. The summed E-state index contributed by atoms with van der Waals surface area (Å²) in [5, 5.41) is 3.41. The summed E-state index contributed by atoms with van der Waals surface area (Å²) in [6.45, 7) is 6.30. The van der Waals surface area contributed by atoms with Crippen molar-refractivity contribution >= 4 is 11.8 Å². The Kier molecular flexibility index (Phi) is 6.76. The van der Waals surface area contributed by atoms with Crippen molar-refractivity contribution in [1.82, 2.24) is 29.9 Å². The number of piperazine rings is 2. The highest BCUT2D eigenvalue weighted by Crippen LogP contribution is 2.21. The molecule has 0 spiro atoms. The Labute approximate surface area is 161 Å². The molecular weight excluding hydrogens is 344 g/mol. The number of nitrogens with zero attached hydrogens (tertiary/aromatic N) is 5. The fraction of sp³-hybridized carbons (Fsp3) is 0.632. The Morgan fingerprint density at radius 3 is 2.63 bits per heavy atom. The minimum Gasteiger partial charge on any atom is -0.348 e. The van der Waals surface area contributed by atoms with Crippen LogP contribution in [0.25, 0.3) is 0 Å². The van der Waals surface area contributed by atoms with E-state index in [1.807, 2.05) is 17.2 Å². The van der Waals surface area contributed by atoms with E-state index >= 15 is 0 Å². The summed E-state index contributed by atoms with van der Waals surface area (Å²) in [6.07, 6.45) is 3.66. The van der Waals surface area contributed by atoms with Gasteiger partial charge in [-0.15, -0.1) is 0 Å². The summed E-state index contributed by atoms with van der Waals surface area (Å²) < 4.78 is 0. The molecule has 0 radical (unpaired) electrons. The zero-order valence-electron chi connectivity index (χ0n) is 16.3. The Morgan fingerprint density at radius 1 is 1.19 bits per heavy atom. The van der Waals surface area contributed by atoms with Gasteiger partial charge in [0, 0.05) is 78.3 Å². The van der Waals surface area contributed by atoms with Crippen molar-refractivity contribution in [2.45, 2.75) is 6.04 Å². The van der Waals surface area contributed by atoms with Crippen LogP contribution in [-0.4, -0.2) is 109 Å². The maximum absolute atomic E-state index is 12.8. The number of amides is 2. The molecule has 2 amide bonds. The molecule has 1 aromatic rings. The van der Waals surface area contributed by atoms with Crippen LogP contribution in [0.3, 0.4) is 0 Å². The highest BCUT2D eigenvalue weighted by atomic mass is 16.2. The first-order valence-corrected chi connectivity index (χ1v) is 9.59. The van der Waals surface area contributed by atoms with Gasteiger partial charge in [-0.2, -0.15) is 0 Å². The molecule has 1 atom stereocenters. The number of hydrogen-bond acceptors (Lipinski definition) is 6. The Hall–Kier alpha value is -2.03. The molecule has 27 heavy (non-hydrogen) atoms. The molecule has 3 rings (SSSR count). The standard InChI is InChI=1S/C19H30N6O2/c1-22(2)18(26)14-23-8-10-24(11-9-23)19(27)15-25-7-6-21-13-17(25)16-4-3-5-20-12-16/h3-5,12,17,21H,6-11,13-15H2,1-2H3. The van der Waals surface area contributed by atoms with Gasteiger partial charge in [0.1, 0.15) is 0 Å². The van der Waals surface area contributed by atoms with Gasteiger partial charge in [-0.1, -0.05) is 6.07 Å². The Balaban J connectivity index is 1.52. The smallest absolute Gasteiger partial charge is 0.236 e. The maximum atomic E-state index is 12.8. The van der Waals surface area contributed by atoms with Crippen LogP contribution in [0, 0.1) is 0 Å². The van der Waals surface area contributed by atoms with E-state index < -0.39 is 0 Å². The number of rotatable bonds is 5. The summed E-state index contributed by atoms with van der Waals surface area (Å²) in [5.74, 6) is 0.277. The molecule has 1 N–H and O–H groups in total. The number of carbonyl (C=O) groups is 2. The van der Waals surface area contributed by atoms with Gasteiger partial charge in [0.05, 0.1) is 13.1 Å². The average molecular weight is 374 g/mol. The molecule has 148 valence electrons. The van der Waals surface area contributed by atoms with Gasteiger partial charge in [0.15, 0.2) is 0 Å². The average Bonchev–Trinajstić information content (AvgIpc) is 2.69. The highest BCUT2D eigenvalue weighted by Gasteiger charge is 2.29. The molecule has 0 saturated carbocycles. The lowest BCUT2D eigenvalue weighted by atomic mass is 10.1. The van der Waals surface area contributed by atoms with Gasteiger partial charge < -0.3 is 15.1 Å². The van der Waals surface area contributed by atoms with Crippen LogP contribution < -0.4 is 5.32 Å². The van der Waals surface area contributed by atoms with Crippen LogP contribution in [0.2, 0.25) is 0 Å². The van der Waals surface area contributed by atoms with Crippen LogP contribution in [0.4, 0.5) is 0 Å². The molecular formula is C19H30N6O2. The monoisotopic (exact) mass is 374 g/mol. The van der Waals surface area contributed by atoms with Crippen LogP contribution in [0.15, 0.2) is 24.5 Å². The molecule has 2 saturated heterocycles. The maximum Gasteiger partial charge on any atom is 0.236 e. The predicted molar refractivity (Wildman–Crippen MR) is 103 cm³/mol. The Bertz CT molecular complexity index is 630. The fourth-order valence-corrected chi connectivity index (χ4v) is 3.60. The molecule has 2 aliphatic heterocycles. The molecule has 0 aliphatic carbocycles. The number of pyridine rings is 1. The van der Waals surface area contributed by atoms with Crippen molar-refractivity contribution in [1.29, 1.82) is 0 Å². The number of likely N-dealkylation sites (N-methyl/N-ethyl adjacent to an activating group) is 1. The zero-order valence-corrected chi connectivity index (χ0v) is 16.3. The van der Waals surface area contributed by atoms with Crippen molar-refractivity contribution in [2.24, 2.45) is 0 Å². The molecule has 1 aromatic heterocycles. The minimum absolute atomic E-state index is 0.106. The molecule has 2 aliphatic rings. The highest BCUT2D eigenvalue weighted by molar-refractivity contribution is 5.79. The second-order valence-electron chi connectivity index (χ2n) is 7.42. The van der Waals surface area contributed by atoms with E-state index in [9.17, 15) is 9.59 Å². The number of carbonyl (C=O) groups excluding carboxylic acids is 2. The van der Waals surface area contributed by atoms with Gasteiger partial charge in [-0.3, -0.25) is 24.4 Å². The number of hydrogen-bond donors (Lipinski definition) is 1. The minimum atomic E-state index is 0.106. The van der Waals surface area contributed by atoms with E-state index in [0.717, 1.165) is 38.3 Å². The SMILES string of the molecule is CN(C)C(=O)CN1CCN(C(=O)CN2CCNCC2c2cccnc2)CC1. The normalized spacial score (nSPS) is 21.9.